The first-order valence-corrected chi connectivity index (χ1v) is 7.85. The van der Waals surface area contributed by atoms with E-state index in [9.17, 15) is 0 Å². The monoisotopic (exact) mass is 320 g/mol. The van der Waals surface area contributed by atoms with E-state index >= 15 is 0 Å². The number of nitrogens with one attached hydrogen (secondary N) is 1. The maximum Gasteiger partial charge on any atom is 0.161 e. The average molecular weight is 320 g/mol. The highest BCUT2D eigenvalue weighted by Gasteiger charge is 2.12. The van der Waals surface area contributed by atoms with Crippen LogP contribution in [-0.4, -0.2) is 23.4 Å². The lowest BCUT2D eigenvalue weighted by atomic mass is 10.1. The third-order valence-electron chi connectivity index (χ3n) is 3.64. The molecule has 24 heavy (non-hydrogen) atoms. The minimum absolute atomic E-state index is 0.593. The molecule has 4 nitrogen and oxygen atoms in total. The average Bonchev–Trinajstić information content (AvgIpc) is 3.07. The van der Waals surface area contributed by atoms with E-state index in [1.165, 1.54) is 0 Å². The van der Waals surface area contributed by atoms with Gasteiger partial charge >= 0.3 is 0 Å². The molecule has 2 heterocycles. The topological polar surface area (TPSA) is 47.1 Å². The highest BCUT2D eigenvalue weighted by molar-refractivity contribution is 5.73. The summed E-state index contributed by atoms with van der Waals surface area (Å²) in [6, 6.07) is 8.07. The molecule has 122 valence electrons. The van der Waals surface area contributed by atoms with Gasteiger partial charge in [-0.15, -0.1) is 0 Å². The van der Waals surface area contributed by atoms with Crippen molar-refractivity contribution in [3.63, 3.8) is 0 Å². The van der Waals surface area contributed by atoms with Crippen molar-refractivity contribution >= 4 is 5.57 Å². The number of fused-ring (bicyclic) bond motifs is 1. The van der Waals surface area contributed by atoms with Crippen LogP contribution in [0.15, 0.2) is 67.8 Å². The predicted molar refractivity (Wildman–Crippen MR) is 96.3 cm³/mol. The highest BCUT2D eigenvalue weighted by Crippen LogP contribution is 2.31. The van der Waals surface area contributed by atoms with E-state index in [0.717, 1.165) is 40.4 Å². The van der Waals surface area contributed by atoms with Crippen LogP contribution >= 0.6 is 0 Å². The fraction of sp³-hybridized carbons (Fsp3) is 0.150. The van der Waals surface area contributed by atoms with Crippen LogP contribution in [0.4, 0.5) is 0 Å². The summed E-state index contributed by atoms with van der Waals surface area (Å²) in [4.78, 5) is 0. The molecule has 1 aliphatic heterocycles. The summed E-state index contributed by atoms with van der Waals surface area (Å²) in [6.45, 7) is 8.64. The number of hydrogen-bond donors (Lipinski definition) is 1. The number of hydrogen-bond acceptors (Lipinski definition) is 3. The summed E-state index contributed by atoms with van der Waals surface area (Å²) in [5.41, 5.74) is 4.03. The van der Waals surface area contributed by atoms with E-state index in [1.807, 2.05) is 42.5 Å². The minimum Gasteiger partial charge on any atom is -0.486 e. The lowest BCUT2D eigenvalue weighted by Gasteiger charge is -2.18. The van der Waals surface area contributed by atoms with Crippen molar-refractivity contribution in [3.8, 4) is 11.5 Å². The number of aromatic amines is 1. The van der Waals surface area contributed by atoms with E-state index in [2.05, 4.69) is 23.4 Å². The van der Waals surface area contributed by atoms with Gasteiger partial charge in [0, 0.05) is 17.7 Å². The third-order valence-corrected chi connectivity index (χ3v) is 3.64. The van der Waals surface area contributed by atoms with Crippen molar-refractivity contribution < 1.29 is 9.47 Å². The third kappa shape index (κ3) is 3.66. The SMILES string of the molecule is C=C/C=C\C(=C/C=C)c1cc(Cc2ccc3c(c2)OCCO3)[nH]n1. The summed E-state index contributed by atoms with van der Waals surface area (Å²) < 4.78 is 11.2. The molecule has 1 aliphatic rings. The number of ether oxygens (including phenoxy) is 2. The fourth-order valence-electron chi connectivity index (χ4n) is 2.54. The Balaban J connectivity index is 1.78. The molecule has 3 rings (SSSR count). The zero-order valence-electron chi connectivity index (χ0n) is 13.5. The van der Waals surface area contributed by atoms with Gasteiger partial charge in [-0.05, 0) is 23.8 Å². The quantitative estimate of drug-likeness (QED) is 0.816. The van der Waals surface area contributed by atoms with Crippen molar-refractivity contribution in [2.75, 3.05) is 13.2 Å². The van der Waals surface area contributed by atoms with Gasteiger partial charge in [0.2, 0.25) is 0 Å². The van der Waals surface area contributed by atoms with Gasteiger partial charge in [0.25, 0.3) is 0 Å². The van der Waals surface area contributed by atoms with Gasteiger partial charge in [0.15, 0.2) is 11.5 Å². The second-order valence-electron chi connectivity index (χ2n) is 5.39. The van der Waals surface area contributed by atoms with E-state index < -0.39 is 0 Å². The van der Waals surface area contributed by atoms with Gasteiger partial charge in [-0.25, -0.2) is 0 Å². The van der Waals surface area contributed by atoms with Crippen molar-refractivity contribution in [2.45, 2.75) is 6.42 Å². The Bertz CT molecular complexity index is 800. The molecule has 0 aliphatic carbocycles. The van der Waals surface area contributed by atoms with Crippen LogP contribution in [0.1, 0.15) is 17.0 Å². The Morgan fingerprint density at radius 1 is 1.12 bits per heavy atom. The first kappa shape index (κ1) is 15.9. The van der Waals surface area contributed by atoms with Crippen LogP contribution in [0.3, 0.4) is 0 Å². The van der Waals surface area contributed by atoms with Gasteiger partial charge in [-0.3, -0.25) is 5.10 Å². The summed E-state index contributed by atoms with van der Waals surface area (Å²) in [5.74, 6) is 1.61. The lowest BCUT2D eigenvalue weighted by Crippen LogP contribution is -2.15. The van der Waals surface area contributed by atoms with Crippen LogP contribution in [0, 0.1) is 0 Å². The highest BCUT2D eigenvalue weighted by atomic mass is 16.6. The van der Waals surface area contributed by atoms with Gasteiger partial charge in [-0.2, -0.15) is 5.10 Å². The second kappa shape index (κ2) is 7.51. The van der Waals surface area contributed by atoms with Crippen molar-refractivity contribution in [3.05, 3.63) is 84.8 Å². The van der Waals surface area contributed by atoms with Crippen LogP contribution in [0.25, 0.3) is 5.57 Å². The number of benzene rings is 1. The van der Waals surface area contributed by atoms with E-state index in [4.69, 9.17) is 9.47 Å². The number of aromatic nitrogens is 2. The molecule has 2 aromatic rings. The van der Waals surface area contributed by atoms with Crippen molar-refractivity contribution in [1.29, 1.82) is 0 Å². The van der Waals surface area contributed by atoms with E-state index in [1.54, 1.807) is 12.2 Å². The summed E-state index contributed by atoms with van der Waals surface area (Å²) in [5, 5.41) is 7.48. The Morgan fingerprint density at radius 2 is 1.96 bits per heavy atom. The molecule has 0 bridgehead atoms. The Morgan fingerprint density at radius 3 is 2.75 bits per heavy atom. The molecule has 0 radical (unpaired) electrons. The number of H-pyrrole nitrogens is 1. The van der Waals surface area contributed by atoms with E-state index in [-0.39, 0.29) is 0 Å². The van der Waals surface area contributed by atoms with Crippen LogP contribution in [-0.2, 0) is 6.42 Å². The summed E-state index contributed by atoms with van der Waals surface area (Å²) >= 11 is 0. The molecule has 0 fully saturated rings. The molecule has 0 saturated heterocycles. The number of nitrogens with zero attached hydrogens (tertiary/aromatic N) is 1. The molecule has 0 atom stereocenters. The standard InChI is InChI=1S/C20H20N2O2/c1-3-5-7-16(6-4-2)18-14-17(21-22-18)12-15-8-9-19-20(13-15)24-11-10-23-19/h3-9,13-14H,1-2,10-12H2,(H,21,22)/b7-5-,16-6+. The Hall–Kier alpha value is -3.01. The smallest absolute Gasteiger partial charge is 0.161 e. The Kier molecular flexibility index (Phi) is 4.96. The van der Waals surface area contributed by atoms with Crippen molar-refractivity contribution in [1.82, 2.24) is 10.2 Å². The first-order valence-electron chi connectivity index (χ1n) is 7.85. The second-order valence-corrected chi connectivity index (χ2v) is 5.39. The molecular formula is C20H20N2O2. The molecule has 0 saturated carbocycles. The van der Waals surface area contributed by atoms with Crippen LogP contribution in [0.2, 0.25) is 0 Å². The molecule has 4 heteroatoms. The van der Waals surface area contributed by atoms with E-state index in [0.29, 0.717) is 13.2 Å². The maximum absolute atomic E-state index is 5.63. The molecule has 1 aromatic heterocycles. The minimum atomic E-state index is 0.593. The van der Waals surface area contributed by atoms with Gasteiger partial charge in [0.05, 0.1) is 5.69 Å². The van der Waals surface area contributed by atoms with Crippen LogP contribution < -0.4 is 9.47 Å². The summed E-state index contributed by atoms with van der Waals surface area (Å²) in [7, 11) is 0. The molecule has 0 spiro atoms. The molecule has 0 amide bonds. The van der Waals surface area contributed by atoms with Crippen LogP contribution in [0.5, 0.6) is 11.5 Å². The van der Waals surface area contributed by atoms with Crippen molar-refractivity contribution in [2.24, 2.45) is 0 Å². The van der Waals surface area contributed by atoms with Gasteiger partial charge in [-0.1, -0.05) is 49.6 Å². The normalized spacial score (nSPS) is 13.9. The molecule has 1 aromatic carbocycles. The molecule has 0 unspecified atom stereocenters. The summed E-state index contributed by atoms with van der Waals surface area (Å²) in [6.07, 6.45) is 9.99. The lowest BCUT2D eigenvalue weighted by molar-refractivity contribution is 0.171. The molecule has 1 N–H and O–H groups in total. The Labute approximate surface area is 141 Å². The zero-order chi connectivity index (χ0) is 16.8. The zero-order valence-corrected chi connectivity index (χ0v) is 13.5. The first-order chi connectivity index (χ1) is 11.8. The van der Waals surface area contributed by atoms with Gasteiger partial charge in [0.1, 0.15) is 13.2 Å². The fourth-order valence-corrected chi connectivity index (χ4v) is 2.54. The molecular weight excluding hydrogens is 300 g/mol. The number of rotatable bonds is 6. The van der Waals surface area contributed by atoms with Gasteiger partial charge < -0.3 is 9.47 Å². The largest absolute Gasteiger partial charge is 0.486 e. The number of allylic oxidation sites excluding steroid dienone is 6. The predicted octanol–water partition coefficient (Wildman–Crippen LogP) is 4.08. The maximum atomic E-state index is 5.63.